The quantitative estimate of drug-likeness (QED) is 0.781. The molecule has 24 heavy (non-hydrogen) atoms. The lowest BCUT2D eigenvalue weighted by molar-refractivity contribution is -0.136. The molecule has 1 saturated heterocycles. The number of amides is 2. The van der Waals surface area contributed by atoms with Crippen molar-refractivity contribution in [2.75, 3.05) is 20.1 Å². The zero-order valence-electron chi connectivity index (χ0n) is 14.9. The Kier molecular flexibility index (Phi) is 4.22. The molecule has 0 aliphatic carbocycles. The standard InChI is InChI=1S/C19H24N2O3/c1-11-6-7-15(12(2)8-11)16-17(19(23)20(5)18(16)22)21-9-13(3)24-14(4)10-21/h6-8,13-14H,9-10H2,1-5H3. The maximum absolute atomic E-state index is 12.8. The molecule has 5 nitrogen and oxygen atoms in total. The summed E-state index contributed by atoms with van der Waals surface area (Å²) in [4.78, 5) is 28.7. The fourth-order valence-electron chi connectivity index (χ4n) is 3.62. The Labute approximate surface area is 142 Å². The van der Waals surface area contributed by atoms with Crippen LogP contribution in [0, 0.1) is 13.8 Å². The average molecular weight is 328 g/mol. The second-order valence-electron chi connectivity index (χ2n) is 6.87. The van der Waals surface area contributed by atoms with Gasteiger partial charge in [-0.3, -0.25) is 14.5 Å². The minimum absolute atomic E-state index is 0.0235. The molecular weight excluding hydrogens is 304 g/mol. The van der Waals surface area contributed by atoms with Gasteiger partial charge in [0.2, 0.25) is 0 Å². The molecule has 1 aromatic rings. The molecule has 128 valence electrons. The van der Waals surface area contributed by atoms with Crippen molar-refractivity contribution in [1.29, 1.82) is 0 Å². The summed E-state index contributed by atoms with van der Waals surface area (Å²) >= 11 is 0. The lowest BCUT2D eigenvalue weighted by Gasteiger charge is -2.37. The van der Waals surface area contributed by atoms with E-state index in [1.165, 1.54) is 4.90 Å². The smallest absolute Gasteiger partial charge is 0.277 e. The normalized spacial score (nSPS) is 25.0. The van der Waals surface area contributed by atoms with Crippen molar-refractivity contribution >= 4 is 17.4 Å². The van der Waals surface area contributed by atoms with Gasteiger partial charge in [0, 0.05) is 20.1 Å². The largest absolute Gasteiger partial charge is 0.372 e. The van der Waals surface area contributed by atoms with Crippen LogP contribution >= 0.6 is 0 Å². The highest BCUT2D eigenvalue weighted by Gasteiger charge is 2.41. The van der Waals surface area contributed by atoms with E-state index in [4.69, 9.17) is 4.74 Å². The molecule has 2 aliphatic rings. The zero-order chi connectivity index (χ0) is 17.6. The molecule has 1 aromatic carbocycles. The maximum Gasteiger partial charge on any atom is 0.277 e. The number of nitrogens with zero attached hydrogens (tertiary/aromatic N) is 2. The van der Waals surface area contributed by atoms with Gasteiger partial charge in [-0.25, -0.2) is 0 Å². The summed E-state index contributed by atoms with van der Waals surface area (Å²) in [6.07, 6.45) is 0.0471. The summed E-state index contributed by atoms with van der Waals surface area (Å²) in [7, 11) is 1.55. The van der Waals surface area contributed by atoms with Crippen molar-refractivity contribution in [1.82, 2.24) is 9.80 Å². The molecule has 0 N–H and O–H groups in total. The molecule has 0 aromatic heterocycles. The van der Waals surface area contributed by atoms with Crippen molar-refractivity contribution in [3.8, 4) is 0 Å². The van der Waals surface area contributed by atoms with Crippen molar-refractivity contribution in [3.63, 3.8) is 0 Å². The van der Waals surface area contributed by atoms with Crippen LogP contribution in [-0.2, 0) is 14.3 Å². The van der Waals surface area contributed by atoms with Gasteiger partial charge in [0.1, 0.15) is 5.70 Å². The van der Waals surface area contributed by atoms with Crippen LogP contribution in [-0.4, -0.2) is 54.0 Å². The Morgan fingerprint density at radius 3 is 2.25 bits per heavy atom. The average Bonchev–Trinajstić information content (AvgIpc) is 2.71. The van der Waals surface area contributed by atoms with E-state index in [9.17, 15) is 9.59 Å². The molecular formula is C19H24N2O3. The van der Waals surface area contributed by atoms with Crippen molar-refractivity contribution in [3.05, 3.63) is 40.6 Å². The Balaban J connectivity index is 2.14. The van der Waals surface area contributed by atoms with E-state index in [1.807, 2.05) is 50.8 Å². The van der Waals surface area contributed by atoms with Crippen LogP contribution < -0.4 is 0 Å². The predicted molar refractivity (Wildman–Crippen MR) is 92.2 cm³/mol. The summed E-state index contributed by atoms with van der Waals surface area (Å²) < 4.78 is 5.77. The van der Waals surface area contributed by atoms with Crippen molar-refractivity contribution in [2.45, 2.75) is 39.9 Å². The number of carbonyl (C=O) groups excluding carboxylic acids is 2. The summed E-state index contributed by atoms with van der Waals surface area (Å²) in [5.41, 5.74) is 4.01. The number of carbonyl (C=O) groups is 2. The minimum Gasteiger partial charge on any atom is -0.372 e. The van der Waals surface area contributed by atoms with Crippen LogP contribution in [0.25, 0.3) is 5.57 Å². The molecule has 2 aliphatic heterocycles. The van der Waals surface area contributed by atoms with Gasteiger partial charge in [0.15, 0.2) is 0 Å². The summed E-state index contributed by atoms with van der Waals surface area (Å²) in [5.74, 6) is -0.454. The molecule has 2 unspecified atom stereocenters. The van der Waals surface area contributed by atoms with E-state index >= 15 is 0 Å². The third-order valence-electron chi connectivity index (χ3n) is 4.65. The van der Waals surface area contributed by atoms with E-state index in [1.54, 1.807) is 7.05 Å². The number of benzene rings is 1. The SMILES string of the molecule is Cc1ccc(C2=C(N3CC(C)OC(C)C3)C(=O)N(C)C2=O)c(C)c1. The number of hydrogen-bond donors (Lipinski definition) is 0. The first-order chi connectivity index (χ1) is 11.3. The minimum atomic E-state index is -0.228. The van der Waals surface area contributed by atoms with E-state index in [-0.39, 0.29) is 24.0 Å². The van der Waals surface area contributed by atoms with Crippen LogP contribution in [0.1, 0.15) is 30.5 Å². The highest BCUT2D eigenvalue weighted by atomic mass is 16.5. The number of morpholine rings is 1. The first-order valence-electron chi connectivity index (χ1n) is 8.34. The van der Waals surface area contributed by atoms with Crippen LogP contribution in [0.2, 0.25) is 0 Å². The van der Waals surface area contributed by atoms with Gasteiger partial charge >= 0.3 is 0 Å². The van der Waals surface area contributed by atoms with Crippen molar-refractivity contribution in [2.24, 2.45) is 0 Å². The highest BCUT2D eigenvalue weighted by molar-refractivity contribution is 6.35. The van der Waals surface area contributed by atoms with Crippen LogP contribution in [0.4, 0.5) is 0 Å². The summed E-state index contributed by atoms with van der Waals surface area (Å²) in [6.45, 7) is 9.20. The van der Waals surface area contributed by atoms with Gasteiger partial charge in [-0.2, -0.15) is 0 Å². The molecule has 2 amide bonds. The molecule has 0 saturated carbocycles. The van der Waals surface area contributed by atoms with Crippen molar-refractivity contribution < 1.29 is 14.3 Å². The Bertz CT molecular complexity index is 728. The Morgan fingerprint density at radius 1 is 1.04 bits per heavy atom. The molecule has 0 radical (unpaired) electrons. The predicted octanol–water partition coefficient (Wildman–Crippen LogP) is 2.12. The molecule has 1 fully saturated rings. The van der Waals surface area contributed by atoms with E-state index in [2.05, 4.69) is 0 Å². The van der Waals surface area contributed by atoms with Gasteiger partial charge in [-0.05, 0) is 38.8 Å². The van der Waals surface area contributed by atoms with Gasteiger partial charge in [0.25, 0.3) is 11.8 Å². The first kappa shape index (κ1) is 16.7. The third-order valence-corrected chi connectivity index (χ3v) is 4.65. The number of imide groups is 1. The first-order valence-corrected chi connectivity index (χ1v) is 8.34. The molecule has 0 spiro atoms. The fourth-order valence-corrected chi connectivity index (χ4v) is 3.62. The number of aryl methyl sites for hydroxylation is 2. The summed E-state index contributed by atoms with van der Waals surface area (Å²) in [5, 5.41) is 0. The number of ether oxygens (including phenoxy) is 1. The third kappa shape index (κ3) is 2.73. The van der Waals surface area contributed by atoms with Gasteiger partial charge in [-0.15, -0.1) is 0 Å². The van der Waals surface area contributed by atoms with Gasteiger partial charge in [0.05, 0.1) is 17.8 Å². The zero-order valence-corrected chi connectivity index (χ0v) is 14.9. The van der Waals surface area contributed by atoms with Crippen LogP contribution in [0.15, 0.2) is 23.9 Å². The van der Waals surface area contributed by atoms with E-state index in [0.717, 1.165) is 16.7 Å². The second-order valence-corrected chi connectivity index (χ2v) is 6.87. The van der Waals surface area contributed by atoms with E-state index < -0.39 is 0 Å². The lowest BCUT2D eigenvalue weighted by atomic mass is 9.97. The lowest BCUT2D eigenvalue weighted by Crippen LogP contribution is -2.46. The molecule has 2 atom stereocenters. The maximum atomic E-state index is 12.8. The van der Waals surface area contributed by atoms with Crippen LogP contribution in [0.5, 0.6) is 0 Å². The molecule has 3 rings (SSSR count). The molecule has 0 bridgehead atoms. The van der Waals surface area contributed by atoms with Crippen LogP contribution in [0.3, 0.4) is 0 Å². The molecule has 2 heterocycles. The topological polar surface area (TPSA) is 49.9 Å². The van der Waals surface area contributed by atoms with Gasteiger partial charge in [-0.1, -0.05) is 23.8 Å². The Morgan fingerprint density at radius 2 is 1.67 bits per heavy atom. The highest BCUT2D eigenvalue weighted by Crippen LogP contribution is 2.34. The number of hydrogen-bond acceptors (Lipinski definition) is 4. The second kappa shape index (κ2) is 6.06. The van der Waals surface area contributed by atoms with E-state index in [0.29, 0.717) is 24.4 Å². The monoisotopic (exact) mass is 328 g/mol. The van der Waals surface area contributed by atoms with Gasteiger partial charge < -0.3 is 9.64 Å². The summed E-state index contributed by atoms with van der Waals surface area (Å²) in [6, 6.07) is 5.96. The fraction of sp³-hybridized carbons (Fsp3) is 0.474. The Hall–Kier alpha value is -2.14. The number of rotatable bonds is 2. The molecule has 5 heteroatoms. The number of likely N-dealkylation sites (N-methyl/N-ethyl adjacent to an activating group) is 1.